The number of hydrogen-bond donors (Lipinski definition) is 0. The molecule has 1 aliphatic carbocycles. The zero-order valence-corrected chi connectivity index (χ0v) is 22.6. The highest BCUT2D eigenvalue weighted by Gasteiger charge is 2.21. The molecule has 0 amide bonds. The number of carbonyl (C=O) groups is 1. The first-order valence-electron chi connectivity index (χ1n) is 13.7. The number of carbonyl (C=O) groups excluding carboxylic acids is 1. The topological polar surface area (TPSA) is 56.6 Å². The van der Waals surface area contributed by atoms with Gasteiger partial charge in [-0.3, -0.25) is 4.90 Å². The van der Waals surface area contributed by atoms with Gasteiger partial charge in [-0.15, -0.1) is 0 Å². The van der Waals surface area contributed by atoms with Crippen LogP contribution in [0.25, 0.3) is 11.4 Å². The lowest BCUT2D eigenvalue weighted by Crippen LogP contribution is -2.31. The molecule has 0 aliphatic heterocycles. The lowest BCUT2D eigenvalue weighted by molar-refractivity contribution is 0.0596. The first-order valence-corrected chi connectivity index (χ1v) is 13.7. The van der Waals surface area contributed by atoms with Crippen LogP contribution in [0, 0.1) is 5.92 Å². The van der Waals surface area contributed by atoms with Crippen LogP contribution in [-0.4, -0.2) is 41.2 Å². The SMILES string of the molecule is CCCCn1c(CN(Cc2ccc(OC)c(C(=O)OC)c2)CC2CCCCC2)cnc1-c1ccccc1. The Morgan fingerprint density at radius 1 is 1.05 bits per heavy atom. The van der Waals surface area contributed by atoms with Crippen molar-refractivity contribution in [1.82, 2.24) is 14.5 Å². The fourth-order valence-corrected chi connectivity index (χ4v) is 5.45. The molecule has 198 valence electrons. The fourth-order valence-electron chi connectivity index (χ4n) is 5.45. The predicted molar refractivity (Wildman–Crippen MR) is 148 cm³/mol. The predicted octanol–water partition coefficient (Wildman–Crippen LogP) is 6.73. The summed E-state index contributed by atoms with van der Waals surface area (Å²) >= 11 is 0. The molecule has 0 saturated heterocycles. The summed E-state index contributed by atoms with van der Waals surface area (Å²) < 4.78 is 12.8. The maximum absolute atomic E-state index is 12.4. The van der Waals surface area contributed by atoms with Crippen molar-refractivity contribution < 1.29 is 14.3 Å². The van der Waals surface area contributed by atoms with Gasteiger partial charge in [-0.2, -0.15) is 0 Å². The van der Waals surface area contributed by atoms with Gasteiger partial charge in [0.2, 0.25) is 0 Å². The monoisotopic (exact) mass is 503 g/mol. The summed E-state index contributed by atoms with van der Waals surface area (Å²) in [7, 11) is 2.99. The molecule has 1 fully saturated rings. The molecule has 1 saturated carbocycles. The molecular formula is C31H41N3O3. The van der Waals surface area contributed by atoms with Crippen LogP contribution >= 0.6 is 0 Å². The second kappa shape index (κ2) is 13.4. The lowest BCUT2D eigenvalue weighted by atomic mass is 9.89. The lowest BCUT2D eigenvalue weighted by Gasteiger charge is -2.30. The van der Waals surface area contributed by atoms with Crippen molar-refractivity contribution in [2.45, 2.75) is 71.5 Å². The number of esters is 1. The Labute approximate surface area is 221 Å². The highest BCUT2D eigenvalue weighted by molar-refractivity contribution is 5.92. The van der Waals surface area contributed by atoms with Crippen LogP contribution in [0.15, 0.2) is 54.7 Å². The Kier molecular flexibility index (Phi) is 9.78. The van der Waals surface area contributed by atoms with E-state index in [1.807, 2.05) is 18.2 Å². The van der Waals surface area contributed by atoms with Crippen LogP contribution < -0.4 is 4.74 Å². The van der Waals surface area contributed by atoms with E-state index in [4.69, 9.17) is 14.5 Å². The van der Waals surface area contributed by atoms with E-state index >= 15 is 0 Å². The molecule has 6 nitrogen and oxygen atoms in total. The van der Waals surface area contributed by atoms with E-state index < -0.39 is 0 Å². The van der Waals surface area contributed by atoms with Crippen molar-refractivity contribution in [3.63, 3.8) is 0 Å². The van der Waals surface area contributed by atoms with Gasteiger partial charge in [0.25, 0.3) is 0 Å². The number of aromatic nitrogens is 2. The van der Waals surface area contributed by atoms with Crippen molar-refractivity contribution >= 4 is 5.97 Å². The zero-order chi connectivity index (χ0) is 26.0. The van der Waals surface area contributed by atoms with Crippen molar-refractivity contribution in [3.8, 4) is 17.1 Å². The molecule has 0 unspecified atom stereocenters. The normalized spacial score (nSPS) is 14.2. The minimum absolute atomic E-state index is 0.373. The number of unbranched alkanes of at least 4 members (excludes halogenated alkanes) is 1. The largest absolute Gasteiger partial charge is 0.496 e. The molecule has 0 bridgehead atoms. The molecule has 0 radical (unpaired) electrons. The second-order valence-corrected chi connectivity index (χ2v) is 10.1. The fraction of sp³-hybridized carbons (Fsp3) is 0.484. The minimum atomic E-state index is -0.373. The molecule has 1 heterocycles. The van der Waals surface area contributed by atoms with E-state index in [1.165, 1.54) is 44.9 Å². The second-order valence-electron chi connectivity index (χ2n) is 10.1. The van der Waals surface area contributed by atoms with Crippen LogP contribution in [-0.2, 0) is 24.4 Å². The minimum Gasteiger partial charge on any atom is -0.496 e. The number of nitrogens with zero attached hydrogens (tertiary/aromatic N) is 3. The summed E-state index contributed by atoms with van der Waals surface area (Å²) in [6.45, 7) is 5.81. The van der Waals surface area contributed by atoms with Gasteiger partial charge >= 0.3 is 5.97 Å². The molecule has 0 spiro atoms. The van der Waals surface area contributed by atoms with Crippen LogP contribution in [0.2, 0.25) is 0 Å². The summed E-state index contributed by atoms with van der Waals surface area (Å²) in [5.74, 6) is 1.91. The van der Waals surface area contributed by atoms with E-state index in [1.54, 1.807) is 7.11 Å². The van der Waals surface area contributed by atoms with E-state index in [9.17, 15) is 4.79 Å². The third-order valence-corrected chi connectivity index (χ3v) is 7.41. The smallest absolute Gasteiger partial charge is 0.341 e. The molecule has 4 rings (SSSR count). The van der Waals surface area contributed by atoms with Crippen molar-refractivity contribution in [2.24, 2.45) is 5.92 Å². The Morgan fingerprint density at radius 2 is 1.84 bits per heavy atom. The molecule has 0 atom stereocenters. The van der Waals surface area contributed by atoms with Crippen LogP contribution in [0.5, 0.6) is 5.75 Å². The Balaban J connectivity index is 1.63. The first-order chi connectivity index (χ1) is 18.1. The maximum Gasteiger partial charge on any atom is 0.341 e. The summed E-state index contributed by atoms with van der Waals surface area (Å²) in [5, 5.41) is 0. The van der Waals surface area contributed by atoms with Gasteiger partial charge in [0, 0.05) is 31.7 Å². The van der Waals surface area contributed by atoms with Crippen LogP contribution in [0.4, 0.5) is 0 Å². The summed E-state index contributed by atoms with van der Waals surface area (Å²) in [4.78, 5) is 19.8. The Bertz CT molecular complexity index is 1140. The standard InChI is InChI=1S/C31H41N3O3/c1-4-5-18-34-27(20-32-30(34)26-14-10-7-11-15-26)23-33(21-24-12-8-6-9-13-24)22-25-16-17-29(36-2)28(19-25)31(35)37-3/h7,10-11,14-17,19-20,24H,4-6,8-9,12-13,18,21-23H2,1-3H3. The van der Waals surface area contributed by atoms with Gasteiger partial charge in [0.15, 0.2) is 0 Å². The Morgan fingerprint density at radius 3 is 2.54 bits per heavy atom. The van der Waals surface area contributed by atoms with Crippen molar-refractivity contribution in [3.05, 3.63) is 71.5 Å². The van der Waals surface area contributed by atoms with E-state index in [0.717, 1.165) is 56.0 Å². The van der Waals surface area contributed by atoms with Gasteiger partial charge in [0.05, 0.1) is 26.1 Å². The number of imidazole rings is 1. The first kappa shape index (κ1) is 26.9. The third-order valence-electron chi connectivity index (χ3n) is 7.41. The molecule has 6 heteroatoms. The summed E-state index contributed by atoms with van der Waals surface area (Å²) in [6, 6.07) is 16.3. The highest BCUT2D eigenvalue weighted by Crippen LogP contribution is 2.28. The molecular weight excluding hydrogens is 462 g/mol. The third kappa shape index (κ3) is 7.01. The molecule has 3 aromatic rings. The van der Waals surface area contributed by atoms with Gasteiger partial charge < -0.3 is 14.0 Å². The average molecular weight is 504 g/mol. The van der Waals surface area contributed by atoms with Crippen LogP contribution in [0.1, 0.15) is 73.5 Å². The molecule has 37 heavy (non-hydrogen) atoms. The van der Waals surface area contributed by atoms with E-state index in [2.05, 4.69) is 52.9 Å². The van der Waals surface area contributed by atoms with Crippen molar-refractivity contribution in [1.29, 1.82) is 0 Å². The molecule has 0 N–H and O–H groups in total. The van der Waals surface area contributed by atoms with E-state index in [0.29, 0.717) is 17.2 Å². The Hall–Kier alpha value is -3.12. The average Bonchev–Trinajstić information content (AvgIpc) is 3.34. The van der Waals surface area contributed by atoms with Gasteiger partial charge in [-0.1, -0.05) is 69.0 Å². The number of benzene rings is 2. The molecule has 1 aromatic heterocycles. The summed E-state index contributed by atoms with van der Waals surface area (Å²) in [5.41, 5.74) is 3.95. The summed E-state index contributed by atoms with van der Waals surface area (Å²) in [6.07, 6.45) is 10.9. The van der Waals surface area contributed by atoms with Gasteiger partial charge in [0.1, 0.15) is 17.1 Å². The number of ether oxygens (including phenoxy) is 2. The number of rotatable bonds is 12. The van der Waals surface area contributed by atoms with E-state index in [-0.39, 0.29) is 5.97 Å². The van der Waals surface area contributed by atoms with Crippen molar-refractivity contribution in [2.75, 3.05) is 20.8 Å². The molecule has 2 aromatic carbocycles. The quantitative estimate of drug-likeness (QED) is 0.257. The highest BCUT2D eigenvalue weighted by atomic mass is 16.5. The van der Waals surface area contributed by atoms with Crippen LogP contribution in [0.3, 0.4) is 0 Å². The maximum atomic E-state index is 12.4. The zero-order valence-electron chi connectivity index (χ0n) is 22.6. The van der Waals surface area contributed by atoms with Gasteiger partial charge in [-0.05, 0) is 42.9 Å². The number of methoxy groups -OCH3 is 2. The molecule has 1 aliphatic rings. The number of hydrogen-bond acceptors (Lipinski definition) is 5. The van der Waals surface area contributed by atoms with Gasteiger partial charge in [-0.25, -0.2) is 9.78 Å².